The molecule has 1 heterocycles. The van der Waals surface area contributed by atoms with E-state index in [9.17, 15) is 0 Å². The third-order valence-corrected chi connectivity index (χ3v) is 3.31. The van der Waals surface area contributed by atoms with E-state index in [1.54, 1.807) is 0 Å². The van der Waals surface area contributed by atoms with Crippen molar-refractivity contribution in [2.24, 2.45) is 0 Å². The van der Waals surface area contributed by atoms with E-state index in [2.05, 4.69) is 33.9 Å². The van der Waals surface area contributed by atoms with Crippen LogP contribution in [0.1, 0.15) is 23.9 Å². The van der Waals surface area contributed by atoms with Crippen LogP contribution in [0.4, 0.5) is 17.3 Å². The smallest absolute Gasteiger partial charge is 0.141 e. The lowest BCUT2D eigenvalue weighted by molar-refractivity contribution is 0.920. The number of hydrogen-bond donors (Lipinski definition) is 1. The molecular weight excluding hydrogens is 236 g/mol. The van der Waals surface area contributed by atoms with Gasteiger partial charge in [-0.15, -0.1) is 0 Å². The summed E-state index contributed by atoms with van der Waals surface area (Å²) in [7, 11) is 2.01. The molecule has 1 aromatic carbocycles. The number of aromatic nitrogens is 2. The van der Waals surface area contributed by atoms with E-state index in [0.29, 0.717) is 5.82 Å². The average molecular weight is 256 g/mol. The van der Waals surface area contributed by atoms with Gasteiger partial charge in [-0.2, -0.15) is 0 Å². The Labute approximate surface area is 114 Å². The fourth-order valence-electron chi connectivity index (χ4n) is 2.11. The minimum Gasteiger partial charge on any atom is -0.383 e. The summed E-state index contributed by atoms with van der Waals surface area (Å²) in [6.07, 6.45) is 0.777. The molecule has 0 atom stereocenters. The summed E-state index contributed by atoms with van der Waals surface area (Å²) in [5.74, 6) is 2.21. The first-order chi connectivity index (χ1) is 9.04. The molecule has 0 saturated heterocycles. The normalized spacial score (nSPS) is 10.5. The molecule has 2 aromatic rings. The van der Waals surface area contributed by atoms with Gasteiger partial charge in [0.05, 0.1) is 0 Å². The largest absolute Gasteiger partial charge is 0.383 e. The molecule has 0 aliphatic rings. The first-order valence-electron chi connectivity index (χ1n) is 6.47. The molecule has 2 N–H and O–H groups in total. The van der Waals surface area contributed by atoms with E-state index in [1.165, 1.54) is 5.56 Å². The summed E-state index contributed by atoms with van der Waals surface area (Å²) in [5.41, 5.74) is 9.23. The van der Waals surface area contributed by atoms with Gasteiger partial charge in [-0.3, -0.25) is 0 Å². The van der Waals surface area contributed by atoms with E-state index in [4.69, 9.17) is 5.73 Å². The second kappa shape index (κ2) is 5.26. The number of nitrogens with zero attached hydrogens (tertiary/aromatic N) is 3. The summed E-state index contributed by atoms with van der Waals surface area (Å²) < 4.78 is 0. The highest BCUT2D eigenvalue weighted by atomic mass is 15.2. The molecule has 0 saturated carbocycles. The molecule has 19 heavy (non-hydrogen) atoms. The molecule has 1 aromatic heterocycles. The molecule has 0 aliphatic heterocycles. The van der Waals surface area contributed by atoms with Gasteiger partial charge in [-0.1, -0.05) is 25.1 Å². The van der Waals surface area contributed by atoms with Gasteiger partial charge in [0.25, 0.3) is 0 Å². The molecule has 2 rings (SSSR count). The molecule has 4 heteroatoms. The highest BCUT2D eigenvalue weighted by molar-refractivity contribution is 5.68. The molecule has 0 fully saturated rings. The number of para-hydroxylation sites is 1. The summed E-state index contributed by atoms with van der Waals surface area (Å²) in [6, 6.07) is 8.23. The number of nitrogens with two attached hydrogens (primary N) is 1. The van der Waals surface area contributed by atoms with Crippen molar-refractivity contribution in [2.75, 3.05) is 17.7 Å². The van der Waals surface area contributed by atoms with Crippen LogP contribution in [-0.2, 0) is 6.42 Å². The quantitative estimate of drug-likeness (QED) is 0.917. The summed E-state index contributed by atoms with van der Waals surface area (Å²) in [4.78, 5) is 11.0. The fraction of sp³-hybridized carbons (Fsp3) is 0.333. The van der Waals surface area contributed by atoms with Crippen molar-refractivity contribution in [3.05, 3.63) is 41.2 Å². The van der Waals surface area contributed by atoms with E-state index in [1.807, 2.05) is 33.0 Å². The first kappa shape index (κ1) is 13.3. The van der Waals surface area contributed by atoms with Crippen LogP contribution in [0.2, 0.25) is 0 Å². The zero-order valence-electron chi connectivity index (χ0n) is 11.9. The van der Waals surface area contributed by atoms with E-state index < -0.39 is 0 Å². The van der Waals surface area contributed by atoms with Crippen molar-refractivity contribution >= 4 is 17.3 Å². The van der Waals surface area contributed by atoms with Crippen LogP contribution in [0.3, 0.4) is 0 Å². The van der Waals surface area contributed by atoms with Crippen molar-refractivity contribution in [3.8, 4) is 0 Å². The van der Waals surface area contributed by atoms with Crippen molar-refractivity contribution in [2.45, 2.75) is 27.2 Å². The van der Waals surface area contributed by atoms with Gasteiger partial charge in [0.2, 0.25) is 0 Å². The monoisotopic (exact) mass is 256 g/mol. The van der Waals surface area contributed by atoms with E-state index >= 15 is 0 Å². The minimum absolute atomic E-state index is 0.558. The van der Waals surface area contributed by atoms with Crippen LogP contribution in [0.15, 0.2) is 24.3 Å². The van der Waals surface area contributed by atoms with Gasteiger partial charge in [-0.25, -0.2) is 9.97 Å². The molecule has 100 valence electrons. The predicted octanol–water partition coefficient (Wildman–Crippen LogP) is 3.01. The predicted molar refractivity (Wildman–Crippen MR) is 79.8 cm³/mol. The Morgan fingerprint density at radius 1 is 1.16 bits per heavy atom. The molecule has 0 bridgehead atoms. The standard InChI is InChI=1S/C15H20N4/c1-5-13-17-14(16)11(3)15(18-13)19(4)12-9-7-6-8-10(12)2/h6-9H,5H2,1-4H3,(H2,16,17,18). The zero-order chi connectivity index (χ0) is 14.0. The van der Waals surface area contributed by atoms with Gasteiger partial charge in [0.15, 0.2) is 0 Å². The molecule has 0 aliphatic carbocycles. The lowest BCUT2D eigenvalue weighted by atomic mass is 10.1. The van der Waals surface area contributed by atoms with Crippen LogP contribution in [0.5, 0.6) is 0 Å². The highest BCUT2D eigenvalue weighted by Gasteiger charge is 2.14. The zero-order valence-corrected chi connectivity index (χ0v) is 11.9. The Kier molecular flexibility index (Phi) is 3.69. The molecule has 0 spiro atoms. The maximum atomic E-state index is 5.97. The summed E-state index contributed by atoms with van der Waals surface area (Å²) in [5, 5.41) is 0. The van der Waals surface area contributed by atoms with Gasteiger partial charge in [-0.05, 0) is 25.5 Å². The average Bonchev–Trinajstić information content (AvgIpc) is 2.41. The van der Waals surface area contributed by atoms with Crippen molar-refractivity contribution in [3.63, 3.8) is 0 Å². The minimum atomic E-state index is 0.558. The van der Waals surface area contributed by atoms with Crippen molar-refractivity contribution < 1.29 is 0 Å². The molecule has 4 nitrogen and oxygen atoms in total. The van der Waals surface area contributed by atoms with Crippen LogP contribution >= 0.6 is 0 Å². The van der Waals surface area contributed by atoms with Gasteiger partial charge in [0, 0.05) is 24.7 Å². The number of benzene rings is 1. The molecule has 0 amide bonds. The third kappa shape index (κ3) is 2.52. The molecule has 0 radical (unpaired) electrons. The number of nitrogen functional groups attached to an aromatic ring is 1. The first-order valence-corrected chi connectivity index (χ1v) is 6.47. The van der Waals surface area contributed by atoms with Gasteiger partial charge in [0.1, 0.15) is 17.5 Å². The topological polar surface area (TPSA) is 55.0 Å². The lowest BCUT2D eigenvalue weighted by Gasteiger charge is -2.23. The van der Waals surface area contributed by atoms with Crippen LogP contribution in [-0.4, -0.2) is 17.0 Å². The van der Waals surface area contributed by atoms with E-state index in [0.717, 1.165) is 29.3 Å². The van der Waals surface area contributed by atoms with Crippen LogP contribution in [0, 0.1) is 13.8 Å². The van der Waals surface area contributed by atoms with Gasteiger partial charge >= 0.3 is 0 Å². The number of hydrogen-bond acceptors (Lipinski definition) is 4. The van der Waals surface area contributed by atoms with Crippen molar-refractivity contribution in [1.29, 1.82) is 0 Å². The van der Waals surface area contributed by atoms with E-state index in [-0.39, 0.29) is 0 Å². The third-order valence-electron chi connectivity index (χ3n) is 3.31. The SMILES string of the molecule is CCc1nc(N)c(C)c(N(C)c2ccccc2C)n1. The Morgan fingerprint density at radius 2 is 1.84 bits per heavy atom. The number of rotatable bonds is 3. The second-order valence-electron chi connectivity index (χ2n) is 4.67. The highest BCUT2D eigenvalue weighted by Crippen LogP contribution is 2.29. The van der Waals surface area contributed by atoms with Crippen LogP contribution in [0.25, 0.3) is 0 Å². The Bertz CT molecular complexity index is 593. The second-order valence-corrected chi connectivity index (χ2v) is 4.67. The van der Waals surface area contributed by atoms with Crippen LogP contribution < -0.4 is 10.6 Å². The Morgan fingerprint density at radius 3 is 2.47 bits per heavy atom. The Balaban J connectivity index is 2.52. The fourth-order valence-corrected chi connectivity index (χ4v) is 2.11. The molecular formula is C15H20N4. The van der Waals surface area contributed by atoms with Crippen molar-refractivity contribution in [1.82, 2.24) is 9.97 Å². The maximum absolute atomic E-state index is 5.97. The molecule has 0 unspecified atom stereocenters. The lowest BCUT2D eigenvalue weighted by Crippen LogP contribution is -2.16. The summed E-state index contributed by atoms with van der Waals surface area (Å²) in [6.45, 7) is 6.08. The Hall–Kier alpha value is -2.10. The van der Waals surface area contributed by atoms with Gasteiger partial charge < -0.3 is 10.6 Å². The number of anilines is 3. The summed E-state index contributed by atoms with van der Waals surface area (Å²) >= 11 is 0. The number of aryl methyl sites for hydroxylation is 2. The maximum Gasteiger partial charge on any atom is 0.141 e.